The molecule has 0 spiro atoms. The first-order valence-corrected chi connectivity index (χ1v) is 8.75. The second-order valence-corrected chi connectivity index (χ2v) is 6.62. The fourth-order valence-electron chi connectivity index (χ4n) is 3.59. The lowest BCUT2D eigenvalue weighted by Gasteiger charge is -2.22. The summed E-state index contributed by atoms with van der Waals surface area (Å²) >= 11 is 0. The summed E-state index contributed by atoms with van der Waals surface area (Å²) in [6, 6.07) is 7.89. The number of H-pyrrole nitrogens is 2. The van der Waals surface area contributed by atoms with Crippen molar-refractivity contribution in [3.05, 3.63) is 57.9 Å². The zero-order chi connectivity index (χ0) is 17.2. The van der Waals surface area contributed by atoms with Crippen LogP contribution in [0.25, 0.3) is 11.0 Å². The van der Waals surface area contributed by atoms with E-state index < -0.39 is 0 Å². The third-order valence-corrected chi connectivity index (χ3v) is 4.84. The van der Waals surface area contributed by atoms with Crippen LogP contribution in [0.15, 0.2) is 39.7 Å². The number of hydrogen-bond donors (Lipinski definition) is 3. The first kappa shape index (κ1) is 15.7. The molecule has 6 nitrogen and oxygen atoms in total. The van der Waals surface area contributed by atoms with Gasteiger partial charge in [-0.1, -0.05) is 6.07 Å². The highest BCUT2D eigenvalue weighted by Crippen LogP contribution is 2.30. The fraction of sp³-hybridized carbons (Fsp3) is 0.368. The summed E-state index contributed by atoms with van der Waals surface area (Å²) < 4.78 is 5.46. The predicted molar refractivity (Wildman–Crippen MR) is 94.4 cm³/mol. The van der Waals surface area contributed by atoms with Gasteiger partial charge >= 0.3 is 5.69 Å². The molecular formula is C19H21N3O3. The molecule has 1 aliphatic carbocycles. The molecule has 0 radical (unpaired) electrons. The highest BCUT2D eigenvalue weighted by atomic mass is 16.3. The number of nitrogens with one attached hydrogen (secondary N) is 3. The third-order valence-electron chi connectivity index (χ3n) is 4.84. The van der Waals surface area contributed by atoms with Gasteiger partial charge in [-0.25, -0.2) is 4.79 Å². The average molecular weight is 339 g/mol. The van der Waals surface area contributed by atoms with Crippen LogP contribution in [0, 0.1) is 0 Å². The normalized spacial score (nSPS) is 16.7. The Morgan fingerprint density at radius 1 is 1.24 bits per heavy atom. The predicted octanol–water partition coefficient (Wildman–Crippen LogP) is 2.97. The molecule has 0 saturated heterocycles. The van der Waals surface area contributed by atoms with E-state index in [0.29, 0.717) is 6.42 Å². The number of imidazole rings is 1. The number of aromatic nitrogens is 2. The van der Waals surface area contributed by atoms with Gasteiger partial charge in [-0.3, -0.25) is 4.79 Å². The molecule has 3 aromatic rings. The zero-order valence-electron chi connectivity index (χ0n) is 13.9. The van der Waals surface area contributed by atoms with Gasteiger partial charge in [0.05, 0.1) is 23.3 Å². The molecule has 1 aliphatic rings. The van der Waals surface area contributed by atoms with Crippen LogP contribution in [0.5, 0.6) is 0 Å². The summed E-state index contributed by atoms with van der Waals surface area (Å²) in [4.78, 5) is 29.0. The Morgan fingerprint density at radius 3 is 3.04 bits per heavy atom. The van der Waals surface area contributed by atoms with Crippen LogP contribution >= 0.6 is 0 Å². The van der Waals surface area contributed by atoms with E-state index in [9.17, 15) is 9.59 Å². The molecule has 0 aliphatic heterocycles. The number of carbonyl (C=O) groups excluding carboxylic acids is 1. The Balaban J connectivity index is 1.31. The Hall–Kier alpha value is -2.76. The van der Waals surface area contributed by atoms with Crippen LogP contribution in [0.3, 0.4) is 0 Å². The molecule has 4 rings (SSSR count). The minimum absolute atomic E-state index is 0.0789. The molecule has 25 heavy (non-hydrogen) atoms. The van der Waals surface area contributed by atoms with E-state index in [1.54, 1.807) is 6.26 Å². The maximum atomic E-state index is 12.3. The lowest BCUT2D eigenvalue weighted by atomic mass is 9.93. The van der Waals surface area contributed by atoms with Crippen molar-refractivity contribution in [3.63, 3.8) is 0 Å². The first-order valence-electron chi connectivity index (χ1n) is 8.75. The molecule has 0 fully saturated rings. The van der Waals surface area contributed by atoms with Gasteiger partial charge in [0.1, 0.15) is 5.76 Å². The number of fused-ring (bicyclic) bond motifs is 2. The molecule has 0 bridgehead atoms. The SMILES string of the molecule is O=C(CCCc1ccc2[nH]c(=O)[nH]c2c1)N[C@H]1CCCc2occc21. The van der Waals surface area contributed by atoms with Crippen LogP contribution in [0.2, 0.25) is 0 Å². The monoisotopic (exact) mass is 339 g/mol. The smallest absolute Gasteiger partial charge is 0.323 e. The highest BCUT2D eigenvalue weighted by Gasteiger charge is 2.23. The second kappa shape index (κ2) is 6.63. The van der Waals surface area contributed by atoms with E-state index in [1.807, 2.05) is 24.3 Å². The van der Waals surface area contributed by atoms with Crippen molar-refractivity contribution in [2.24, 2.45) is 0 Å². The van der Waals surface area contributed by atoms with E-state index in [0.717, 1.165) is 60.0 Å². The highest BCUT2D eigenvalue weighted by molar-refractivity contribution is 5.77. The molecule has 1 aromatic carbocycles. The van der Waals surface area contributed by atoms with Crippen molar-refractivity contribution in [1.82, 2.24) is 15.3 Å². The van der Waals surface area contributed by atoms with E-state index in [1.165, 1.54) is 0 Å². The summed E-state index contributed by atoms with van der Waals surface area (Å²) in [7, 11) is 0. The van der Waals surface area contributed by atoms with E-state index in [2.05, 4.69) is 15.3 Å². The number of hydrogen-bond acceptors (Lipinski definition) is 3. The topological polar surface area (TPSA) is 90.9 Å². The molecule has 6 heteroatoms. The quantitative estimate of drug-likeness (QED) is 0.667. The minimum atomic E-state index is -0.197. The van der Waals surface area contributed by atoms with E-state index in [4.69, 9.17) is 4.42 Å². The van der Waals surface area contributed by atoms with Crippen molar-refractivity contribution < 1.29 is 9.21 Å². The fourth-order valence-corrected chi connectivity index (χ4v) is 3.59. The maximum absolute atomic E-state index is 12.3. The first-order chi connectivity index (χ1) is 12.2. The van der Waals surface area contributed by atoms with Crippen LogP contribution in [0.4, 0.5) is 0 Å². The van der Waals surface area contributed by atoms with Gasteiger partial charge in [0.25, 0.3) is 0 Å². The van der Waals surface area contributed by atoms with Gasteiger partial charge in [-0.2, -0.15) is 0 Å². The summed E-state index contributed by atoms with van der Waals surface area (Å²) in [6.07, 6.45) is 6.74. The van der Waals surface area contributed by atoms with E-state index in [-0.39, 0.29) is 17.6 Å². The molecule has 0 unspecified atom stereocenters. The molecule has 1 amide bonds. The zero-order valence-corrected chi connectivity index (χ0v) is 13.9. The van der Waals surface area contributed by atoms with Crippen molar-refractivity contribution in [1.29, 1.82) is 0 Å². The Labute approximate surface area is 144 Å². The van der Waals surface area contributed by atoms with Gasteiger partial charge in [0.15, 0.2) is 0 Å². The number of furan rings is 1. The van der Waals surface area contributed by atoms with Gasteiger partial charge in [-0.15, -0.1) is 0 Å². The summed E-state index contributed by atoms with van der Waals surface area (Å²) in [5.74, 6) is 1.08. The molecule has 2 aromatic heterocycles. The molecular weight excluding hydrogens is 318 g/mol. The second-order valence-electron chi connectivity index (χ2n) is 6.62. The largest absolute Gasteiger partial charge is 0.469 e. The van der Waals surface area contributed by atoms with Crippen molar-refractivity contribution in [2.45, 2.75) is 44.6 Å². The standard InChI is InChI=1S/C19H21N3O3/c23-18(20-14-4-2-5-17-13(14)9-10-25-17)6-1-3-12-7-8-15-16(11-12)22-19(24)21-15/h7-11,14H,1-6H2,(H,20,23)(H2,21,22,24)/t14-/m0/s1. The number of aryl methyl sites for hydroxylation is 2. The number of carbonyl (C=O) groups is 1. The minimum Gasteiger partial charge on any atom is -0.469 e. The number of amides is 1. The molecule has 3 N–H and O–H groups in total. The number of benzene rings is 1. The van der Waals surface area contributed by atoms with Crippen LogP contribution in [-0.4, -0.2) is 15.9 Å². The van der Waals surface area contributed by atoms with Crippen LogP contribution < -0.4 is 11.0 Å². The van der Waals surface area contributed by atoms with Gasteiger partial charge < -0.3 is 19.7 Å². The summed E-state index contributed by atoms with van der Waals surface area (Å²) in [6.45, 7) is 0. The number of rotatable bonds is 5. The Morgan fingerprint density at radius 2 is 2.12 bits per heavy atom. The van der Waals surface area contributed by atoms with Crippen LogP contribution in [0.1, 0.15) is 48.6 Å². The van der Waals surface area contributed by atoms with Gasteiger partial charge in [0, 0.05) is 18.4 Å². The maximum Gasteiger partial charge on any atom is 0.323 e. The van der Waals surface area contributed by atoms with Crippen LogP contribution in [-0.2, 0) is 17.6 Å². The molecule has 130 valence electrons. The molecule has 2 heterocycles. The third kappa shape index (κ3) is 3.38. The van der Waals surface area contributed by atoms with Gasteiger partial charge in [0.2, 0.25) is 5.91 Å². The Kier molecular flexibility index (Phi) is 4.17. The van der Waals surface area contributed by atoms with E-state index >= 15 is 0 Å². The van der Waals surface area contributed by atoms with Crippen molar-refractivity contribution in [3.8, 4) is 0 Å². The average Bonchev–Trinajstić information content (AvgIpc) is 3.20. The Bertz CT molecular complexity index is 950. The molecule has 0 saturated carbocycles. The van der Waals surface area contributed by atoms with Gasteiger partial charge in [-0.05, 0) is 49.4 Å². The van der Waals surface area contributed by atoms with Crippen molar-refractivity contribution in [2.75, 3.05) is 0 Å². The summed E-state index contributed by atoms with van der Waals surface area (Å²) in [5.41, 5.74) is 3.66. The lowest BCUT2D eigenvalue weighted by Crippen LogP contribution is -2.30. The molecule has 1 atom stereocenters. The lowest BCUT2D eigenvalue weighted by molar-refractivity contribution is -0.122. The summed E-state index contributed by atoms with van der Waals surface area (Å²) in [5, 5.41) is 3.13. The van der Waals surface area contributed by atoms with Crippen molar-refractivity contribution >= 4 is 16.9 Å². The number of aromatic amines is 2.